The Kier molecular flexibility index (Phi) is 5.95. The molecule has 2 rings (SSSR count). The van der Waals surface area contributed by atoms with Crippen LogP contribution in [0.25, 0.3) is 11.0 Å². The van der Waals surface area contributed by atoms with Crippen molar-refractivity contribution in [3.05, 3.63) is 35.6 Å². The number of rotatable bonds is 5. The van der Waals surface area contributed by atoms with Crippen LogP contribution in [0.5, 0.6) is 0 Å². The third kappa shape index (κ3) is 4.77. The lowest BCUT2D eigenvalue weighted by atomic mass is 10.1. The highest BCUT2D eigenvalue weighted by atomic mass is 16.6. The van der Waals surface area contributed by atoms with Crippen molar-refractivity contribution in [2.75, 3.05) is 20.6 Å². The Balaban J connectivity index is 2.07. The minimum atomic E-state index is -0.591. The first-order chi connectivity index (χ1) is 12.1. The van der Waals surface area contributed by atoms with E-state index in [1.807, 2.05) is 31.2 Å². The molecule has 1 aromatic heterocycles. The maximum atomic E-state index is 12.5. The lowest BCUT2D eigenvalue weighted by molar-refractivity contribution is -0.131. The topological polar surface area (TPSA) is 63.0 Å². The van der Waals surface area contributed by atoms with Gasteiger partial charge >= 0.3 is 6.09 Å². The van der Waals surface area contributed by atoms with E-state index in [1.165, 1.54) is 4.90 Å². The first-order valence-electron chi connectivity index (χ1n) is 8.79. The smallest absolute Gasteiger partial charge is 0.410 e. The molecule has 2 aromatic rings. The summed E-state index contributed by atoms with van der Waals surface area (Å²) in [6.45, 7) is 7.80. The third-order valence-corrected chi connectivity index (χ3v) is 4.00. The van der Waals surface area contributed by atoms with Gasteiger partial charge in [-0.2, -0.15) is 0 Å². The molecule has 0 aliphatic rings. The number of nitrogens with zero attached hydrogens (tertiary/aromatic N) is 2. The van der Waals surface area contributed by atoms with Crippen LogP contribution >= 0.6 is 0 Å². The Morgan fingerprint density at radius 1 is 1.12 bits per heavy atom. The molecule has 2 amide bonds. The number of hydrogen-bond acceptors (Lipinski definition) is 4. The number of likely N-dealkylation sites (N-methyl/N-ethyl adjacent to an activating group) is 2. The van der Waals surface area contributed by atoms with Crippen molar-refractivity contribution < 1.29 is 18.7 Å². The van der Waals surface area contributed by atoms with Crippen LogP contribution in [-0.2, 0) is 22.5 Å². The molecule has 0 bridgehead atoms. The van der Waals surface area contributed by atoms with Crippen LogP contribution in [0, 0.1) is 0 Å². The molecule has 0 unspecified atom stereocenters. The van der Waals surface area contributed by atoms with Crippen LogP contribution in [0.15, 0.2) is 28.7 Å². The molecule has 0 fully saturated rings. The van der Waals surface area contributed by atoms with E-state index in [0.29, 0.717) is 6.54 Å². The highest BCUT2D eigenvalue weighted by Crippen LogP contribution is 2.27. The van der Waals surface area contributed by atoms with Gasteiger partial charge in [-0.3, -0.25) is 4.79 Å². The SMILES string of the molecule is CCc1oc2ccccc2c1CN(C)C(=O)CN(C)C(=O)OC(C)(C)C. The van der Waals surface area contributed by atoms with Crippen LogP contribution in [-0.4, -0.2) is 48.0 Å². The minimum Gasteiger partial charge on any atom is -0.461 e. The van der Waals surface area contributed by atoms with E-state index in [-0.39, 0.29) is 12.5 Å². The number of fused-ring (bicyclic) bond motifs is 1. The van der Waals surface area contributed by atoms with Gasteiger partial charge in [-0.05, 0) is 26.8 Å². The van der Waals surface area contributed by atoms with Gasteiger partial charge in [0, 0.05) is 38.0 Å². The summed E-state index contributed by atoms with van der Waals surface area (Å²) < 4.78 is 11.2. The lowest BCUT2D eigenvalue weighted by Crippen LogP contribution is -2.41. The van der Waals surface area contributed by atoms with Crippen LogP contribution in [0.2, 0.25) is 0 Å². The fourth-order valence-electron chi connectivity index (χ4n) is 2.66. The normalized spacial score (nSPS) is 11.5. The minimum absolute atomic E-state index is 0.0390. The van der Waals surface area contributed by atoms with E-state index < -0.39 is 11.7 Å². The second-order valence-electron chi connectivity index (χ2n) is 7.44. The molecule has 0 aliphatic carbocycles. The zero-order valence-electron chi connectivity index (χ0n) is 16.5. The number of carbonyl (C=O) groups excluding carboxylic acids is 2. The Bertz CT molecular complexity index is 789. The largest absolute Gasteiger partial charge is 0.461 e. The van der Waals surface area contributed by atoms with E-state index in [9.17, 15) is 9.59 Å². The highest BCUT2D eigenvalue weighted by molar-refractivity contribution is 5.85. The van der Waals surface area contributed by atoms with Crippen LogP contribution in [0.4, 0.5) is 4.79 Å². The molecule has 142 valence electrons. The van der Waals surface area contributed by atoms with Gasteiger partial charge in [0.25, 0.3) is 0 Å². The molecule has 26 heavy (non-hydrogen) atoms. The maximum absolute atomic E-state index is 12.5. The van der Waals surface area contributed by atoms with Gasteiger partial charge < -0.3 is 19.0 Å². The molecule has 0 N–H and O–H groups in total. The van der Waals surface area contributed by atoms with Gasteiger partial charge in [0.15, 0.2) is 0 Å². The summed E-state index contributed by atoms with van der Waals surface area (Å²) in [6.07, 6.45) is 0.242. The van der Waals surface area contributed by atoms with Crippen molar-refractivity contribution in [2.24, 2.45) is 0 Å². The van der Waals surface area contributed by atoms with E-state index >= 15 is 0 Å². The predicted molar refractivity (Wildman–Crippen MR) is 101 cm³/mol. The number of amides is 2. The van der Waals surface area contributed by atoms with Crippen molar-refractivity contribution in [1.29, 1.82) is 0 Å². The monoisotopic (exact) mass is 360 g/mol. The Labute approximate surface area is 154 Å². The van der Waals surface area contributed by atoms with E-state index in [0.717, 1.165) is 28.7 Å². The number of para-hydroxylation sites is 1. The Morgan fingerprint density at radius 3 is 2.38 bits per heavy atom. The summed E-state index contributed by atoms with van der Waals surface area (Å²) >= 11 is 0. The summed E-state index contributed by atoms with van der Waals surface area (Å²) in [5.41, 5.74) is 1.25. The van der Waals surface area contributed by atoms with Gasteiger partial charge in [0.1, 0.15) is 23.5 Å². The van der Waals surface area contributed by atoms with Gasteiger partial charge in [-0.1, -0.05) is 25.1 Å². The van der Waals surface area contributed by atoms with Crippen molar-refractivity contribution in [3.63, 3.8) is 0 Å². The van der Waals surface area contributed by atoms with Crippen molar-refractivity contribution >= 4 is 23.0 Å². The quantitative estimate of drug-likeness (QED) is 0.813. The van der Waals surface area contributed by atoms with Gasteiger partial charge in [0.05, 0.1) is 0 Å². The molecule has 0 radical (unpaired) electrons. The number of carbonyl (C=O) groups is 2. The van der Waals surface area contributed by atoms with E-state index in [4.69, 9.17) is 9.15 Å². The van der Waals surface area contributed by atoms with Crippen molar-refractivity contribution in [1.82, 2.24) is 9.80 Å². The number of aryl methyl sites for hydroxylation is 1. The number of hydrogen-bond donors (Lipinski definition) is 0. The fraction of sp³-hybridized carbons (Fsp3) is 0.500. The highest BCUT2D eigenvalue weighted by Gasteiger charge is 2.23. The molecule has 0 atom stereocenters. The molecule has 0 spiro atoms. The van der Waals surface area contributed by atoms with Gasteiger partial charge in [-0.25, -0.2) is 4.79 Å². The number of ether oxygens (including phenoxy) is 1. The second-order valence-corrected chi connectivity index (χ2v) is 7.44. The van der Waals surface area contributed by atoms with E-state index in [1.54, 1.807) is 39.8 Å². The lowest BCUT2D eigenvalue weighted by Gasteiger charge is -2.26. The van der Waals surface area contributed by atoms with E-state index in [2.05, 4.69) is 0 Å². The molecular formula is C20H28N2O4. The summed E-state index contributed by atoms with van der Waals surface area (Å²) in [4.78, 5) is 27.5. The molecule has 1 heterocycles. The average molecular weight is 360 g/mol. The zero-order valence-corrected chi connectivity index (χ0v) is 16.5. The second kappa shape index (κ2) is 7.81. The molecule has 0 aliphatic heterocycles. The van der Waals surface area contributed by atoms with Crippen LogP contribution < -0.4 is 0 Å². The fourth-order valence-corrected chi connectivity index (χ4v) is 2.66. The summed E-state index contributed by atoms with van der Waals surface area (Å²) in [7, 11) is 3.29. The first kappa shape index (κ1) is 19.8. The third-order valence-electron chi connectivity index (χ3n) is 4.00. The average Bonchev–Trinajstić information content (AvgIpc) is 2.91. The number of furan rings is 1. The molecule has 1 aromatic carbocycles. The predicted octanol–water partition coefficient (Wildman–Crippen LogP) is 3.82. The summed E-state index contributed by atoms with van der Waals surface area (Å²) in [5.74, 6) is 0.719. The van der Waals surface area contributed by atoms with Crippen LogP contribution in [0.3, 0.4) is 0 Å². The molecule has 0 saturated carbocycles. The van der Waals surface area contributed by atoms with Crippen molar-refractivity contribution in [3.8, 4) is 0 Å². The van der Waals surface area contributed by atoms with Gasteiger partial charge in [0.2, 0.25) is 5.91 Å². The summed E-state index contributed by atoms with van der Waals surface area (Å²) in [6, 6.07) is 7.81. The molecule has 6 heteroatoms. The Hall–Kier alpha value is -2.50. The Morgan fingerprint density at radius 2 is 1.77 bits per heavy atom. The standard InChI is InChI=1S/C20H28N2O4/c1-7-16-15(14-10-8-9-11-17(14)25-16)12-21(5)18(23)13-22(6)19(24)26-20(2,3)4/h8-11H,7,12-13H2,1-6H3. The maximum Gasteiger partial charge on any atom is 0.410 e. The zero-order chi connectivity index (χ0) is 19.5. The van der Waals surface area contributed by atoms with Crippen LogP contribution in [0.1, 0.15) is 39.0 Å². The van der Waals surface area contributed by atoms with Crippen molar-refractivity contribution in [2.45, 2.75) is 46.3 Å². The molecule has 0 saturated heterocycles. The number of benzene rings is 1. The first-order valence-corrected chi connectivity index (χ1v) is 8.79. The molecular weight excluding hydrogens is 332 g/mol. The summed E-state index contributed by atoms with van der Waals surface area (Å²) in [5, 5.41) is 1.02. The molecule has 6 nitrogen and oxygen atoms in total. The van der Waals surface area contributed by atoms with Gasteiger partial charge in [-0.15, -0.1) is 0 Å².